The number of rotatable bonds is 6. The molecule has 0 atom stereocenters. The van der Waals surface area contributed by atoms with Gasteiger partial charge in [0.05, 0.1) is 0 Å². The molecule has 0 fully saturated rings. The number of carbonyl (C=O) groups excluding carboxylic acids is 2. The van der Waals surface area contributed by atoms with E-state index in [-0.39, 0.29) is 11.8 Å². The molecule has 26 heavy (non-hydrogen) atoms. The summed E-state index contributed by atoms with van der Waals surface area (Å²) in [5.41, 5.74) is 1.21. The number of carbonyl (C=O) groups is 2. The van der Waals surface area contributed by atoms with Crippen molar-refractivity contribution in [2.45, 2.75) is 27.2 Å². The number of amides is 2. The van der Waals surface area contributed by atoms with Crippen molar-refractivity contribution in [1.29, 1.82) is 0 Å². The second-order valence-corrected chi connectivity index (χ2v) is 7.47. The van der Waals surface area contributed by atoms with Crippen molar-refractivity contribution >= 4 is 40.7 Å². The highest BCUT2D eigenvalue weighted by Gasteiger charge is 2.36. The van der Waals surface area contributed by atoms with Crippen LogP contribution in [-0.2, 0) is 16.0 Å². The van der Waals surface area contributed by atoms with E-state index in [0.29, 0.717) is 28.7 Å². The fourth-order valence-corrected chi connectivity index (χ4v) is 2.62. The molecule has 0 aliphatic heterocycles. The monoisotopic (exact) mass is 392 g/mol. The van der Waals surface area contributed by atoms with Gasteiger partial charge in [-0.15, -0.1) is 0 Å². The first-order valence-corrected chi connectivity index (χ1v) is 9.06. The van der Waals surface area contributed by atoms with E-state index in [1.807, 2.05) is 31.2 Å². The van der Waals surface area contributed by atoms with Gasteiger partial charge in [-0.25, -0.2) is 0 Å². The van der Waals surface area contributed by atoms with Crippen LogP contribution in [0.15, 0.2) is 42.5 Å². The van der Waals surface area contributed by atoms with E-state index in [1.54, 1.807) is 32.0 Å². The van der Waals surface area contributed by atoms with Crippen LogP contribution >= 0.6 is 23.2 Å². The fourth-order valence-electron chi connectivity index (χ4n) is 2.32. The molecule has 0 heterocycles. The van der Waals surface area contributed by atoms with Crippen LogP contribution in [0.1, 0.15) is 25.0 Å². The molecule has 0 radical (unpaired) electrons. The number of nitrogens with one attached hydrogen (secondary N) is 2. The van der Waals surface area contributed by atoms with E-state index in [0.717, 1.165) is 11.1 Å². The minimum absolute atomic E-state index is 0.330. The summed E-state index contributed by atoms with van der Waals surface area (Å²) in [6.07, 6.45) is 0.661. The maximum absolute atomic E-state index is 12.6. The van der Waals surface area contributed by atoms with Gasteiger partial charge in [0.25, 0.3) is 0 Å². The number of halogens is 2. The molecular formula is C20H22Cl2N2O2. The van der Waals surface area contributed by atoms with E-state index in [9.17, 15) is 9.59 Å². The SMILES string of the molecule is Cc1c(Cl)cccc1NC(=O)C(C)(C)C(=O)NCCc1ccc(Cl)cc1. The normalized spacial score (nSPS) is 11.1. The summed E-state index contributed by atoms with van der Waals surface area (Å²) in [5, 5.41) is 6.84. The second-order valence-electron chi connectivity index (χ2n) is 6.62. The molecule has 6 heteroatoms. The Balaban J connectivity index is 1.94. The first-order valence-electron chi connectivity index (χ1n) is 8.31. The van der Waals surface area contributed by atoms with Gasteiger partial charge in [0.15, 0.2) is 0 Å². The van der Waals surface area contributed by atoms with Crippen molar-refractivity contribution < 1.29 is 9.59 Å². The molecule has 0 aliphatic carbocycles. The molecule has 0 bridgehead atoms. The van der Waals surface area contributed by atoms with Crippen molar-refractivity contribution in [3.05, 3.63) is 63.6 Å². The Bertz CT molecular complexity index is 802. The van der Waals surface area contributed by atoms with Crippen LogP contribution in [0.3, 0.4) is 0 Å². The van der Waals surface area contributed by atoms with Crippen LogP contribution in [0.2, 0.25) is 10.0 Å². The third kappa shape index (κ3) is 4.99. The smallest absolute Gasteiger partial charge is 0.239 e. The molecule has 2 aromatic rings. The van der Waals surface area contributed by atoms with Crippen LogP contribution in [-0.4, -0.2) is 18.4 Å². The highest BCUT2D eigenvalue weighted by molar-refractivity contribution is 6.32. The van der Waals surface area contributed by atoms with E-state index in [2.05, 4.69) is 10.6 Å². The minimum Gasteiger partial charge on any atom is -0.355 e. The topological polar surface area (TPSA) is 58.2 Å². The van der Waals surface area contributed by atoms with Crippen LogP contribution in [0.4, 0.5) is 5.69 Å². The summed E-state index contributed by atoms with van der Waals surface area (Å²) in [6, 6.07) is 12.7. The highest BCUT2D eigenvalue weighted by atomic mass is 35.5. The molecule has 0 aliphatic rings. The molecule has 0 aromatic heterocycles. The molecule has 0 spiro atoms. The third-order valence-corrected chi connectivity index (χ3v) is 4.93. The maximum atomic E-state index is 12.6. The van der Waals surface area contributed by atoms with Crippen LogP contribution in [0.25, 0.3) is 0 Å². The van der Waals surface area contributed by atoms with Crippen molar-refractivity contribution in [3.63, 3.8) is 0 Å². The average molecular weight is 393 g/mol. The minimum atomic E-state index is -1.21. The van der Waals surface area contributed by atoms with E-state index < -0.39 is 5.41 Å². The largest absolute Gasteiger partial charge is 0.355 e. The highest BCUT2D eigenvalue weighted by Crippen LogP contribution is 2.25. The summed E-state index contributed by atoms with van der Waals surface area (Å²) in [7, 11) is 0. The zero-order valence-corrected chi connectivity index (χ0v) is 16.5. The Labute approximate surface area is 163 Å². The van der Waals surface area contributed by atoms with Crippen molar-refractivity contribution in [2.75, 3.05) is 11.9 Å². The predicted molar refractivity (Wildman–Crippen MR) is 107 cm³/mol. The summed E-state index contributed by atoms with van der Waals surface area (Å²) < 4.78 is 0. The first kappa shape index (κ1) is 20.3. The molecule has 2 rings (SSSR count). The summed E-state index contributed by atoms with van der Waals surface area (Å²) in [6.45, 7) is 5.45. The van der Waals surface area contributed by atoms with E-state index >= 15 is 0 Å². The van der Waals surface area contributed by atoms with E-state index in [4.69, 9.17) is 23.2 Å². The Morgan fingerprint density at radius 1 is 1.00 bits per heavy atom. The lowest BCUT2D eigenvalue weighted by Gasteiger charge is -2.23. The molecule has 138 valence electrons. The maximum Gasteiger partial charge on any atom is 0.239 e. The molecule has 2 amide bonds. The lowest BCUT2D eigenvalue weighted by atomic mass is 9.90. The first-order chi connectivity index (χ1) is 12.2. The van der Waals surface area contributed by atoms with Gasteiger partial charge in [-0.1, -0.05) is 41.4 Å². The van der Waals surface area contributed by atoms with Crippen LogP contribution < -0.4 is 10.6 Å². The Hall–Kier alpha value is -2.04. The fraction of sp³-hybridized carbons (Fsp3) is 0.300. The van der Waals surface area contributed by atoms with Crippen molar-refractivity contribution in [2.24, 2.45) is 5.41 Å². The van der Waals surface area contributed by atoms with Crippen LogP contribution in [0.5, 0.6) is 0 Å². The van der Waals surface area contributed by atoms with Gasteiger partial charge in [-0.2, -0.15) is 0 Å². The Kier molecular flexibility index (Phi) is 6.68. The average Bonchev–Trinajstić information content (AvgIpc) is 2.60. The Morgan fingerprint density at radius 3 is 2.31 bits per heavy atom. The molecule has 2 aromatic carbocycles. The molecule has 0 unspecified atom stereocenters. The van der Waals surface area contributed by atoms with Gasteiger partial charge >= 0.3 is 0 Å². The second kappa shape index (κ2) is 8.56. The summed E-state index contributed by atoms with van der Waals surface area (Å²) in [4.78, 5) is 25.1. The van der Waals surface area contributed by atoms with Gasteiger partial charge in [0.1, 0.15) is 5.41 Å². The zero-order chi connectivity index (χ0) is 19.3. The predicted octanol–water partition coefficient (Wildman–Crippen LogP) is 4.63. The number of hydrogen-bond donors (Lipinski definition) is 2. The van der Waals surface area contributed by atoms with Gasteiger partial charge in [-0.3, -0.25) is 9.59 Å². The van der Waals surface area contributed by atoms with Crippen LogP contribution in [0, 0.1) is 12.3 Å². The number of hydrogen-bond acceptors (Lipinski definition) is 2. The number of benzene rings is 2. The summed E-state index contributed by atoms with van der Waals surface area (Å²) in [5.74, 6) is -0.712. The lowest BCUT2D eigenvalue weighted by Crippen LogP contribution is -2.45. The van der Waals surface area contributed by atoms with Gasteiger partial charge in [-0.05, 0) is 62.6 Å². The quantitative estimate of drug-likeness (QED) is 0.704. The molecule has 0 saturated carbocycles. The Morgan fingerprint density at radius 2 is 1.65 bits per heavy atom. The number of anilines is 1. The molecule has 0 saturated heterocycles. The summed E-state index contributed by atoms with van der Waals surface area (Å²) >= 11 is 11.9. The lowest BCUT2D eigenvalue weighted by molar-refractivity contribution is -0.138. The standard InChI is InChI=1S/C20H22Cl2N2O2/c1-13-16(22)5-4-6-17(13)24-19(26)20(2,3)18(25)23-12-11-14-7-9-15(21)10-8-14/h4-10H,11-12H2,1-3H3,(H,23,25)(H,24,26). The molecule has 4 nitrogen and oxygen atoms in total. The molecular weight excluding hydrogens is 371 g/mol. The van der Waals surface area contributed by atoms with Gasteiger partial charge < -0.3 is 10.6 Å². The zero-order valence-electron chi connectivity index (χ0n) is 15.0. The van der Waals surface area contributed by atoms with Crippen molar-refractivity contribution in [1.82, 2.24) is 5.32 Å². The van der Waals surface area contributed by atoms with Crippen molar-refractivity contribution in [3.8, 4) is 0 Å². The van der Waals surface area contributed by atoms with Gasteiger partial charge in [0, 0.05) is 22.3 Å². The van der Waals surface area contributed by atoms with Gasteiger partial charge in [0.2, 0.25) is 11.8 Å². The third-order valence-electron chi connectivity index (χ3n) is 4.26. The van der Waals surface area contributed by atoms with E-state index in [1.165, 1.54) is 0 Å². The molecule has 2 N–H and O–H groups in total.